The summed E-state index contributed by atoms with van der Waals surface area (Å²) in [6, 6.07) is 0. The molecule has 1 aliphatic heterocycles. The van der Waals surface area contributed by atoms with Crippen molar-refractivity contribution in [3.8, 4) is 0 Å². The summed E-state index contributed by atoms with van der Waals surface area (Å²) in [6.45, 7) is 6.40. The van der Waals surface area contributed by atoms with E-state index in [0.717, 1.165) is 51.4 Å². The molecule has 0 unspecified atom stereocenters. The van der Waals surface area contributed by atoms with Gasteiger partial charge in [0, 0.05) is 19.5 Å². The number of ether oxygens (including phenoxy) is 2. The number of hydrogen-bond donors (Lipinski definition) is 2. The number of carbonyl (C=O) groups is 2. The molecule has 1 saturated carbocycles. The van der Waals surface area contributed by atoms with E-state index < -0.39 is 0 Å². The molecule has 0 atom stereocenters. The topological polar surface area (TPSA) is 76.7 Å². The monoisotopic (exact) mass is 536 g/mol. The molecule has 0 bridgehead atoms. The molecule has 0 aromatic heterocycles. The minimum absolute atomic E-state index is 0.00996. The van der Waals surface area contributed by atoms with Crippen LogP contribution in [0, 0.1) is 11.8 Å². The van der Waals surface area contributed by atoms with Gasteiger partial charge in [0.15, 0.2) is 0 Å². The summed E-state index contributed by atoms with van der Waals surface area (Å²) in [4.78, 5) is 24.7. The van der Waals surface area contributed by atoms with E-state index in [4.69, 9.17) is 9.47 Å². The van der Waals surface area contributed by atoms with E-state index in [1.54, 1.807) is 0 Å². The third-order valence-corrected chi connectivity index (χ3v) is 8.47. The highest BCUT2D eigenvalue weighted by Gasteiger charge is 2.33. The van der Waals surface area contributed by atoms with Crippen molar-refractivity contribution < 1.29 is 19.1 Å². The summed E-state index contributed by atoms with van der Waals surface area (Å²) in [7, 11) is 0. The summed E-state index contributed by atoms with van der Waals surface area (Å²) < 4.78 is 11.3. The quantitative estimate of drug-likeness (QED) is 0.117. The molecule has 2 fully saturated rings. The maximum atomic E-state index is 12.4. The lowest BCUT2D eigenvalue weighted by Gasteiger charge is -2.38. The summed E-state index contributed by atoms with van der Waals surface area (Å²) in [5, 5.41) is 7.08. The second kappa shape index (κ2) is 21.7. The van der Waals surface area contributed by atoms with Crippen LogP contribution >= 0.6 is 0 Å². The molecule has 0 amide bonds. The van der Waals surface area contributed by atoms with Crippen molar-refractivity contribution in [1.82, 2.24) is 10.6 Å². The van der Waals surface area contributed by atoms with Crippen LogP contribution in [0.2, 0.25) is 0 Å². The lowest BCUT2D eigenvalue weighted by atomic mass is 9.84. The van der Waals surface area contributed by atoms with Gasteiger partial charge in [-0.05, 0) is 44.4 Å². The number of hydrogen-bond acceptors (Lipinski definition) is 6. The van der Waals surface area contributed by atoms with E-state index in [2.05, 4.69) is 24.5 Å². The molecule has 1 heterocycles. The highest BCUT2D eigenvalue weighted by Crippen LogP contribution is 2.29. The molecule has 2 rings (SSSR count). The molecule has 2 aliphatic rings. The fraction of sp³-hybridized carbons (Fsp3) is 0.938. The average Bonchev–Trinajstić information content (AvgIpc) is 2.94. The van der Waals surface area contributed by atoms with Crippen molar-refractivity contribution in [2.24, 2.45) is 11.8 Å². The van der Waals surface area contributed by atoms with Gasteiger partial charge in [-0.2, -0.15) is 0 Å². The highest BCUT2D eigenvalue weighted by atomic mass is 16.5. The summed E-state index contributed by atoms with van der Waals surface area (Å²) in [5.74, 6) is 0.334. The smallest absolute Gasteiger partial charge is 0.311 e. The average molecular weight is 537 g/mol. The normalized spacial score (nSPS) is 23.7. The molecule has 6 heteroatoms. The van der Waals surface area contributed by atoms with Crippen LogP contribution in [0.15, 0.2) is 0 Å². The van der Waals surface area contributed by atoms with Crippen molar-refractivity contribution in [1.29, 1.82) is 0 Å². The van der Waals surface area contributed by atoms with E-state index in [-0.39, 0.29) is 30.1 Å². The molecule has 2 N–H and O–H groups in total. The van der Waals surface area contributed by atoms with Crippen LogP contribution in [0.4, 0.5) is 0 Å². The van der Waals surface area contributed by atoms with E-state index in [1.165, 1.54) is 77.0 Å². The Morgan fingerprint density at radius 1 is 0.658 bits per heavy atom. The number of unbranched alkanes of at least 4 members (excludes halogenated alkanes) is 14. The minimum atomic E-state index is -0.102. The molecule has 1 aliphatic carbocycles. The standard InChI is InChI=1S/C32H60N2O4/c1-3-5-7-9-11-12-13-14-15-17-19-30(35)38-29-22-20-27(21-23-29)31-33-25-28(26-34-31)32(36)37-24-18-16-10-8-6-4-2/h27-29,31,33-34H,3-26H2,1-2H3. The van der Waals surface area contributed by atoms with E-state index >= 15 is 0 Å². The zero-order valence-corrected chi connectivity index (χ0v) is 24.9. The second-order valence-electron chi connectivity index (χ2n) is 11.9. The van der Waals surface area contributed by atoms with Gasteiger partial charge in [0.2, 0.25) is 0 Å². The van der Waals surface area contributed by atoms with Gasteiger partial charge in [-0.3, -0.25) is 9.59 Å². The lowest BCUT2D eigenvalue weighted by molar-refractivity contribution is -0.151. The number of carbonyl (C=O) groups excluding carboxylic acids is 2. The van der Waals surface area contributed by atoms with Crippen molar-refractivity contribution in [2.75, 3.05) is 19.7 Å². The molecule has 1 saturated heterocycles. The van der Waals surface area contributed by atoms with Crippen molar-refractivity contribution in [3.63, 3.8) is 0 Å². The van der Waals surface area contributed by atoms with Gasteiger partial charge < -0.3 is 20.1 Å². The fourth-order valence-electron chi connectivity index (χ4n) is 5.90. The molecule has 6 nitrogen and oxygen atoms in total. The van der Waals surface area contributed by atoms with E-state index in [1.807, 2.05) is 0 Å². The Morgan fingerprint density at radius 2 is 1.16 bits per heavy atom. The van der Waals surface area contributed by atoms with Crippen molar-refractivity contribution in [3.05, 3.63) is 0 Å². The van der Waals surface area contributed by atoms with Crippen LogP contribution in [0.5, 0.6) is 0 Å². The first kappa shape index (κ1) is 33.1. The molecule has 0 radical (unpaired) electrons. The largest absolute Gasteiger partial charge is 0.465 e. The van der Waals surface area contributed by atoms with Crippen LogP contribution < -0.4 is 10.6 Å². The fourth-order valence-corrected chi connectivity index (χ4v) is 5.90. The van der Waals surface area contributed by atoms with Crippen LogP contribution in [0.25, 0.3) is 0 Å². The number of rotatable bonds is 21. The van der Waals surface area contributed by atoms with Gasteiger partial charge in [0.05, 0.1) is 18.7 Å². The van der Waals surface area contributed by atoms with Crippen molar-refractivity contribution >= 4 is 11.9 Å². The molecular formula is C32H60N2O4. The van der Waals surface area contributed by atoms with Gasteiger partial charge in [-0.1, -0.05) is 104 Å². The number of nitrogens with one attached hydrogen (secondary N) is 2. The second-order valence-corrected chi connectivity index (χ2v) is 11.9. The van der Waals surface area contributed by atoms with Gasteiger partial charge in [-0.25, -0.2) is 0 Å². The van der Waals surface area contributed by atoms with E-state index in [9.17, 15) is 9.59 Å². The van der Waals surface area contributed by atoms with Crippen LogP contribution in [-0.2, 0) is 19.1 Å². The highest BCUT2D eigenvalue weighted by molar-refractivity contribution is 5.73. The summed E-state index contributed by atoms with van der Waals surface area (Å²) in [5.41, 5.74) is 0. The molecule has 0 aromatic rings. The molecule has 0 spiro atoms. The zero-order valence-electron chi connectivity index (χ0n) is 24.9. The maximum Gasteiger partial charge on any atom is 0.311 e. The Balaban J connectivity index is 1.45. The third-order valence-electron chi connectivity index (χ3n) is 8.47. The van der Waals surface area contributed by atoms with Crippen molar-refractivity contribution in [2.45, 2.75) is 161 Å². The Hall–Kier alpha value is -1.14. The lowest BCUT2D eigenvalue weighted by Crippen LogP contribution is -2.58. The van der Waals surface area contributed by atoms with Crippen LogP contribution in [-0.4, -0.2) is 43.9 Å². The Morgan fingerprint density at radius 3 is 1.71 bits per heavy atom. The predicted molar refractivity (Wildman–Crippen MR) is 156 cm³/mol. The molecule has 0 aromatic carbocycles. The molecular weight excluding hydrogens is 476 g/mol. The number of esters is 2. The first-order valence-electron chi connectivity index (χ1n) is 16.5. The van der Waals surface area contributed by atoms with Gasteiger partial charge in [-0.15, -0.1) is 0 Å². The summed E-state index contributed by atoms with van der Waals surface area (Å²) >= 11 is 0. The SMILES string of the molecule is CCCCCCCCCCCCC(=O)OC1CCC(C2NCC(C(=O)OCCCCCCCC)CN2)CC1. The zero-order chi connectivity index (χ0) is 27.3. The van der Waals surface area contributed by atoms with Crippen LogP contribution in [0.3, 0.4) is 0 Å². The van der Waals surface area contributed by atoms with Crippen LogP contribution in [0.1, 0.15) is 149 Å². The van der Waals surface area contributed by atoms with Gasteiger partial charge in [0.1, 0.15) is 6.10 Å². The van der Waals surface area contributed by atoms with Gasteiger partial charge >= 0.3 is 11.9 Å². The first-order valence-corrected chi connectivity index (χ1v) is 16.5. The predicted octanol–water partition coefficient (Wildman–Crippen LogP) is 7.44. The van der Waals surface area contributed by atoms with E-state index in [0.29, 0.717) is 32.0 Å². The summed E-state index contributed by atoms with van der Waals surface area (Å²) in [6.07, 6.45) is 24.9. The Kier molecular flexibility index (Phi) is 18.8. The molecule has 222 valence electrons. The Bertz CT molecular complexity index is 598. The minimum Gasteiger partial charge on any atom is -0.465 e. The third kappa shape index (κ3) is 14.9. The van der Waals surface area contributed by atoms with Gasteiger partial charge in [0.25, 0.3) is 0 Å². The maximum absolute atomic E-state index is 12.4. The molecule has 38 heavy (non-hydrogen) atoms. The first-order chi connectivity index (χ1) is 18.6. The Labute approximate surface area is 234 Å².